The fraction of sp³-hybridized carbons (Fsp3) is 0.263. The van der Waals surface area contributed by atoms with Gasteiger partial charge in [-0.3, -0.25) is 4.79 Å². The second-order valence-electron chi connectivity index (χ2n) is 6.01. The number of esters is 1. The van der Waals surface area contributed by atoms with Gasteiger partial charge < -0.3 is 10.1 Å². The molecule has 0 spiro atoms. The first-order valence-electron chi connectivity index (χ1n) is 8.39. The molecule has 2 aromatic carbocycles. The van der Waals surface area contributed by atoms with Crippen molar-refractivity contribution in [1.82, 2.24) is 5.32 Å². The molecule has 0 heterocycles. The Hall–Kier alpha value is -2.88. The Balaban J connectivity index is 2.20. The van der Waals surface area contributed by atoms with Crippen LogP contribution in [0.25, 0.3) is 0 Å². The third-order valence-electron chi connectivity index (χ3n) is 4.05. The van der Waals surface area contributed by atoms with E-state index in [2.05, 4.69) is 10.1 Å². The number of alkyl halides is 3. The molecule has 0 unspecified atom stereocenters. The maximum atomic E-state index is 13.1. The zero-order chi connectivity index (χ0) is 21.7. The van der Waals surface area contributed by atoms with Gasteiger partial charge in [-0.25, -0.2) is 13.2 Å². The van der Waals surface area contributed by atoms with Crippen LogP contribution < -0.4 is 5.32 Å². The number of carbonyl (C=O) groups is 2. The lowest BCUT2D eigenvalue weighted by Gasteiger charge is -2.18. The lowest BCUT2D eigenvalue weighted by Crippen LogP contribution is -2.43. The molecule has 1 amide bonds. The largest absolute Gasteiger partial charge is 0.467 e. The molecule has 0 radical (unpaired) electrons. The smallest absolute Gasteiger partial charge is 0.417 e. The highest BCUT2D eigenvalue weighted by atomic mass is 32.2. The second-order valence-corrected chi connectivity index (χ2v) is 8.12. The normalized spacial score (nSPS) is 12.8. The molecule has 1 N–H and O–H groups in total. The van der Waals surface area contributed by atoms with E-state index in [1.807, 2.05) is 0 Å². The third kappa shape index (κ3) is 5.80. The van der Waals surface area contributed by atoms with Crippen LogP contribution in [0.4, 0.5) is 13.2 Å². The van der Waals surface area contributed by atoms with Gasteiger partial charge in [-0.05, 0) is 30.7 Å². The number of hydrogen-bond donors (Lipinski definition) is 1. The lowest BCUT2D eigenvalue weighted by molar-refractivity contribution is -0.142. The summed E-state index contributed by atoms with van der Waals surface area (Å²) < 4.78 is 68.6. The molecule has 156 valence electrons. The fourth-order valence-electron chi connectivity index (χ4n) is 2.57. The SMILES string of the molecule is COC(=O)[C@@H](CCS(=O)(=O)c1ccccc1)NC(=O)c1ccccc1C(F)(F)F. The van der Waals surface area contributed by atoms with Gasteiger partial charge in [0.1, 0.15) is 6.04 Å². The van der Waals surface area contributed by atoms with Crippen molar-refractivity contribution in [1.29, 1.82) is 0 Å². The molecule has 29 heavy (non-hydrogen) atoms. The molecule has 0 bridgehead atoms. The number of carbonyl (C=O) groups excluding carboxylic acids is 2. The number of benzene rings is 2. The first-order valence-corrected chi connectivity index (χ1v) is 10.0. The minimum Gasteiger partial charge on any atom is -0.467 e. The van der Waals surface area contributed by atoms with Gasteiger partial charge in [-0.15, -0.1) is 0 Å². The summed E-state index contributed by atoms with van der Waals surface area (Å²) in [5, 5.41) is 2.14. The first kappa shape index (κ1) is 22.4. The fourth-order valence-corrected chi connectivity index (χ4v) is 3.93. The van der Waals surface area contributed by atoms with Crippen LogP contribution in [0.2, 0.25) is 0 Å². The van der Waals surface area contributed by atoms with Crippen LogP contribution in [0.1, 0.15) is 22.3 Å². The molecule has 0 aromatic heterocycles. The summed E-state index contributed by atoms with van der Waals surface area (Å²) in [4.78, 5) is 24.4. The summed E-state index contributed by atoms with van der Waals surface area (Å²) in [6.45, 7) is 0. The number of rotatable bonds is 7. The number of ether oxygens (including phenoxy) is 1. The minimum absolute atomic E-state index is 0.0253. The van der Waals surface area contributed by atoms with Gasteiger partial charge >= 0.3 is 12.1 Å². The Morgan fingerprint density at radius 1 is 1.03 bits per heavy atom. The number of nitrogens with one attached hydrogen (secondary N) is 1. The monoisotopic (exact) mass is 429 g/mol. The molecular formula is C19H18F3NO5S. The van der Waals surface area contributed by atoms with E-state index in [9.17, 15) is 31.2 Å². The van der Waals surface area contributed by atoms with Crippen molar-refractivity contribution in [3.63, 3.8) is 0 Å². The molecule has 0 aliphatic heterocycles. The van der Waals surface area contributed by atoms with Crippen molar-refractivity contribution in [2.45, 2.75) is 23.5 Å². The van der Waals surface area contributed by atoms with Crippen molar-refractivity contribution >= 4 is 21.7 Å². The zero-order valence-corrected chi connectivity index (χ0v) is 16.1. The summed E-state index contributed by atoms with van der Waals surface area (Å²) in [5.41, 5.74) is -1.85. The average Bonchev–Trinajstić information content (AvgIpc) is 2.70. The Labute approximate surface area is 165 Å². The van der Waals surface area contributed by atoms with Gasteiger partial charge in [0.25, 0.3) is 5.91 Å². The van der Waals surface area contributed by atoms with Gasteiger partial charge in [-0.1, -0.05) is 30.3 Å². The van der Waals surface area contributed by atoms with Crippen LogP contribution >= 0.6 is 0 Å². The van der Waals surface area contributed by atoms with Crippen LogP contribution in [-0.2, 0) is 25.5 Å². The van der Waals surface area contributed by atoms with Gasteiger partial charge in [0, 0.05) is 0 Å². The molecule has 0 saturated carbocycles. The van der Waals surface area contributed by atoms with Crippen molar-refractivity contribution in [2.24, 2.45) is 0 Å². The molecule has 0 aliphatic rings. The maximum Gasteiger partial charge on any atom is 0.417 e. The van der Waals surface area contributed by atoms with E-state index in [0.717, 1.165) is 25.3 Å². The van der Waals surface area contributed by atoms with Crippen LogP contribution in [-0.4, -0.2) is 39.2 Å². The molecule has 0 saturated heterocycles. The molecule has 2 rings (SSSR count). The molecule has 1 atom stereocenters. The average molecular weight is 429 g/mol. The van der Waals surface area contributed by atoms with Crippen LogP contribution in [0, 0.1) is 0 Å². The van der Waals surface area contributed by atoms with E-state index < -0.39 is 50.8 Å². The summed E-state index contributed by atoms with van der Waals surface area (Å²) >= 11 is 0. The zero-order valence-electron chi connectivity index (χ0n) is 15.3. The summed E-state index contributed by atoms with van der Waals surface area (Å²) in [6, 6.07) is 10.1. The minimum atomic E-state index is -4.77. The number of amides is 1. The van der Waals surface area contributed by atoms with Crippen molar-refractivity contribution in [3.8, 4) is 0 Å². The van der Waals surface area contributed by atoms with E-state index in [1.165, 1.54) is 30.3 Å². The molecule has 2 aromatic rings. The van der Waals surface area contributed by atoms with Crippen LogP contribution in [0.5, 0.6) is 0 Å². The van der Waals surface area contributed by atoms with E-state index in [1.54, 1.807) is 6.07 Å². The predicted octanol–water partition coefficient (Wildman–Crippen LogP) is 2.84. The Morgan fingerprint density at radius 3 is 2.21 bits per heavy atom. The Kier molecular flexibility index (Phi) is 7.02. The van der Waals surface area contributed by atoms with Crippen LogP contribution in [0.3, 0.4) is 0 Å². The highest BCUT2D eigenvalue weighted by Crippen LogP contribution is 2.31. The molecule has 6 nitrogen and oxygen atoms in total. The predicted molar refractivity (Wildman–Crippen MR) is 97.8 cm³/mol. The number of halogens is 3. The molecular weight excluding hydrogens is 411 g/mol. The standard InChI is InChI=1S/C19H18F3NO5S/c1-28-18(25)16(11-12-29(26,27)13-7-3-2-4-8-13)23-17(24)14-9-5-6-10-15(14)19(20,21)22/h2-10,16H,11-12H2,1H3,(H,23,24)/t16-/m1/s1. The highest BCUT2D eigenvalue weighted by molar-refractivity contribution is 7.91. The third-order valence-corrected chi connectivity index (χ3v) is 5.81. The molecule has 10 heteroatoms. The van der Waals surface area contributed by atoms with Crippen molar-refractivity contribution in [3.05, 3.63) is 65.7 Å². The van der Waals surface area contributed by atoms with E-state index in [4.69, 9.17) is 0 Å². The lowest BCUT2D eigenvalue weighted by atomic mass is 10.1. The highest BCUT2D eigenvalue weighted by Gasteiger charge is 2.36. The summed E-state index contributed by atoms with van der Waals surface area (Å²) in [6.07, 6.45) is -5.14. The van der Waals surface area contributed by atoms with E-state index in [-0.39, 0.29) is 11.3 Å². The van der Waals surface area contributed by atoms with Crippen LogP contribution in [0.15, 0.2) is 59.5 Å². The van der Waals surface area contributed by atoms with Crippen molar-refractivity contribution in [2.75, 3.05) is 12.9 Å². The Bertz CT molecular complexity index is 975. The Morgan fingerprint density at radius 2 is 1.62 bits per heavy atom. The van der Waals surface area contributed by atoms with Gasteiger partial charge in [0.2, 0.25) is 0 Å². The summed E-state index contributed by atoms with van der Waals surface area (Å²) in [7, 11) is -2.74. The van der Waals surface area contributed by atoms with Crippen molar-refractivity contribution < 1.29 is 35.9 Å². The van der Waals surface area contributed by atoms with E-state index in [0.29, 0.717) is 0 Å². The number of hydrogen-bond acceptors (Lipinski definition) is 5. The first-order chi connectivity index (χ1) is 13.6. The van der Waals surface area contributed by atoms with E-state index >= 15 is 0 Å². The topological polar surface area (TPSA) is 89.5 Å². The summed E-state index contributed by atoms with van der Waals surface area (Å²) in [5.74, 6) is -2.64. The number of methoxy groups -OCH3 is 1. The second kappa shape index (κ2) is 9.08. The van der Waals surface area contributed by atoms with Gasteiger partial charge in [0.05, 0.1) is 28.9 Å². The quantitative estimate of drug-likeness (QED) is 0.684. The molecule has 0 fully saturated rings. The van der Waals surface area contributed by atoms with Gasteiger partial charge in [-0.2, -0.15) is 13.2 Å². The maximum absolute atomic E-state index is 13.1. The number of sulfone groups is 1. The molecule has 0 aliphatic carbocycles. The van der Waals surface area contributed by atoms with Gasteiger partial charge in [0.15, 0.2) is 9.84 Å².